The molecule has 1 saturated carbocycles. The van der Waals surface area contributed by atoms with Gasteiger partial charge >= 0.3 is 0 Å². The predicted octanol–water partition coefficient (Wildman–Crippen LogP) is 2.16. The molecule has 1 unspecified atom stereocenters. The molecule has 4 nitrogen and oxygen atoms in total. The Morgan fingerprint density at radius 2 is 1.95 bits per heavy atom. The number of carbonyl (C=O) groups excluding carboxylic acids is 1. The summed E-state index contributed by atoms with van der Waals surface area (Å²) >= 11 is 0. The molecule has 0 aromatic heterocycles. The van der Waals surface area contributed by atoms with E-state index in [-0.39, 0.29) is 31.3 Å². The third-order valence-electron chi connectivity index (χ3n) is 4.97. The van der Waals surface area contributed by atoms with Crippen molar-refractivity contribution in [1.29, 1.82) is 0 Å². The van der Waals surface area contributed by atoms with Crippen LogP contribution in [0.5, 0.6) is 0 Å². The molecule has 128 valence electrons. The molecular weight excluding hydrogens is 290 g/mol. The van der Waals surface area contributed by atoms with Gasteiger partial charge in [0.1, 0.15) is 0 Å². The molecule has 2 N–H and O–H groups in total. The molecule has 0 spiro atoms. The van der Waals surface area contributed by atoms with E-state index < -0.39 is 5.92 Å². The van der Waals surface area contributed by atoms with Gasteiger partial charge in [0.25, 0.3) is 0 Å². The molecule has 2 rings (SSSR count). The van der Waals surface area contributed by atoms with Gasteiger partial charge in [-0.1, -0.05) is 0 Å². The molecule has 1 heterocycles. The fraction of sp³-hybridized carbons (Fsp3) is 0.938. The van der Waals surface area contributed by atoms with Gasteiger partial charge < -0.3 is 10.4 Å². The lowest BCUT2D eigenvalue weighted by Gasteiger charge is -2.27. The van der Waals surface area contributed by atoms with E-state index in [9.17, 15) is 18.7 Å². The minimum atomic E-state index is -2.57. The second-order valence-electron chi connectivity index (χ2n) is 6.64. The monoisotopic (exact) mass is 318 g/mol. The highest BCUT2D eigenvalue weighted by molar-refractivity contribution is 5.78. The van der Waals surface area contributed by atoms with Crippen molar-refractivity contribution < 1.29 is 18.7 Å². The van der Waals surface area contributed by atoms with Crippen molar-refractivity contribution in [2.24, 2.45) is 5.92 Å². The van der Waals surface area contributed by atoms with Crippen molar-refractivity contribution in [3.63, 3.8) is 0 Å². The van der Waals surface area contributed by atoms with Crippen LogP contribution >= 0.6 is 0 Å². The normalized spacial score (nSPS) is 26.2. The van der Waals surface area contributed by atoms with Crippen LogP contribution in [-0.2, 0) is 4.79 Å². The van der Waals surface area contributed by atoms with Crippen LogP contribution in [0.1, 0.15) is 51.4 Å². The molecule has 2 aliphatic rings. The number of hydrogen-bond acceptors (Lipinski definition) is 3. The quantitative estimate of drug-likeness (QED) is 0.707. The van der Waals surface area contributed by atoms with Crippen LogP contribution in [0.4, 0.5) is 8.78 Å². The van der Waals surface area contributed by atoms with Crippen molar-refractivity contribution in [3.05, 3.63) is 0 Å². The number of aliphatic hydroxyl groups excluding tert-OH is 1. The van der Waals surface area contributed by atoms with Gasteiger partial charge in [0.15, 0.2) is 0 Å². The van der Waals surface area contributed by atoms with E-state index in [1.807, 2.05) is 0 Å². The highest BCUT2D eigenvalue weighted by Gasteiger charge is 2.37. The lowest BCUT2D eigenvalue weighted by molar-refractivity contribution is -0.129. The number of carbonyl (C=O) groups is 1. The molecule has 1 saturated heterocycles. The first-order valence-corrected chi connectivity index (χ1v) is 8.52. The molecule has 0 radical (unpaired) electrons. The first-order valence-electron chi connectivity index (χ1n) is 8.52. The maximum atomic E-state index is 13.0. The molecular formula is C16H28F2N2O2. The Morgan fingerprint density at radius 1 is 1.23 bits per heavy atom. The second-order valence-corrected chi connectivity index (χ2v) is 6.64. The first kappa shape index (κ1) is 17.6. The first-order chi connectivity index (χ1) is 10.5. The lowest BCUT2D eigenvalue weighted by atomic mass is 9.86. The van der Waals surface area contributed by atoms with Crippen LogP contribution in [0, 0.1) is 5.92 Å². The maximum absolute atomic E-state index is 13.0. The van der Waals surface area contributed by atoms with E-state index in [1.54, 1.807) is 0 Å². The smallest absolute Gasteiger partial charge is 0.248 e. The molecule has 0 bridgehead atoms. The molecule has 2 fully saturated rings. The van der Waals surface area contributed by atoms with Crippen LogP contribution < -0.4 is 5.32 Å². The van der Waals surface area contributed by atoms with Crippen molar-refractivity contribution in [2.45, 2.75) is 63.3 Å². The summed E-state index contributed by atoms with van der Waals surface area (Å²) in [6, 6.07) is 0.304. The number of likely N-dealkylation sites (tertiary alicyclic amines) is 1. The number of amides is 1. The van der Waals surface area contributed by atoms with Crippen LogP contribution in [0.3, 0.4) is 0 Å². The SMILES string of the molecule is O=C(NCCCCN1CCCC1CO)C1CCC(F)(F)CC1. The van der Waals surface area contributed by atoms with Gasteiger partial charge in [0.2, 0.25) is 11.8 Å². The largest absolute Gasteiger partial charge is 0.395 e. The fourth-order valence-corrected chi connectivity index (χ4v) is 3.49. The van der Waals surface area contributed by atoms with Gasteiger partial charge in [-0.15, -0.1) is 0 Å². The van der Waals surface area contributed by atoms with E-state index in [1.165, 1.54) is 0 Å². The summed E-state index contributed by atoms with van der Waals surface area (Å²) < 4.78 is 26.1. The number of aliphatic hydroxyl groups is 1. The van der Waals surface area contributed by atoms with Crippen LogP contribution in [0.25, 0.3) is 0 Å². The minimum absolute atomic E-state index is 0.0649. The van der Waals surface area contributed by atoms with Gasteiger partial charge in [-0.25, -0.2) is 8.78 Å². The molecule has 1 amide bonds. The van der Waals surface area contributed by atoms with Gasteiger partial charge in [-0.3, -0.25) is 9.69 Å². The third-order valence-corrected chi connectivity index (χ3v) is 4.97. The average Bonchev–Trinajstić information content (AvgIpc) is 2.94. The van der Waals surface area contributed by atoms with E-state index in [2.05, 4.69) is 10.2 Å². The molecule has 1 aliphatic carbocycles. The topological polar surface area (TPSA) is 52.6 Å². The third kappa shape index (κ3) is 5.16. The van der Waals surface area contributed by atoms with Gasteiger partial charge in [0, 0.05) is 31.3 Å². The number of rotatable bonds is 7. The highest BCUT2D eigenvalue weighted by atomic mass is 19.3. The number of hydrogen-bond donors (Lipinski definition) is 2. The van der Waals surface area contributed by atoms with E-state index in [0.717, 1.165) is 38.8 Å². The lowest BCUT2D eigenvalue weighted by Crippen LogP contribution is -2.37. The summed E-state index contributed by atoms with van der Waals surface area (Å²) in [6.45, 7) is 2.84. The zero-order valence-electron chi connectivity index (χ0n) is 13.2. The zero-order valence-corrected chi connectivity index (χ0v) is 13.2. The Bertz CT molecular complexity index is 356. The van der Waals surface area contributed by atoms with E-state index >= 15 is 0 Å². The van der Waals surface area contributed by atoms with Crippen LogP contribution in [0.2, 0.25) is 0 Å². The van der Waals surface area contributed by atoms with Gasteiger partial charge in [0.05, 0.1) is 6.61 Å². The fourth-order valence-electron chi connectivity index (χ4n) is 3.49. The van der Waals surface area contributed by atoms with Crippen molar-refractivity contribution in [3.8, 4) is 0 Å². The summed E-state index contributed by atoms with van der Waals surface area (Å²) in [6.07, 6.45) is 4.36. The number of nitrogens with one attached hydrogen (secondary N) is 1. The Balaban J connectivity index is 1.54. The molecule has 1 atom stereocenters. The standard InChI is InChI=1S/C16H28F2N2O2/c17-16(18)7-5-13(6-8-16)15(22)19-9-1-2-10-20-11-3-4-14(20)12-21/h13-14,21H,1-12H2,(H,19,22). The number of alkyl halides is 2. The Labute approximate surface area is 131 Å². The molecule has 6 heteroatoms. The van der Waals surface area contributed by atoms with Crippen LogP contribution in [-0.4, -0.2) is 54.1 Å². The summed E-state index contributed by atoms with van der Waals surface area (Å²) in [4.78, 5) is 14.2. The van der Waals surface area contributed by atoms with Crippen LogP contribution in [0.15, 0.2) is 0 Å². The Kier molecular flexibility index (Phi) is 6.56. The summed E-state index contributed by atoms with van der Waals surface area (Å²) in [5.41, 5.74) is 0. The highest BCUT2D eigenvalue weighted by Crippen LogP contribution is 2.36. The summed E-state index contributed by atoms with van der Waals surface area (Å²) in [5, 5.41) is 12.1. The van der Waals surface area contributed by atoms with E-state index in [4.69, 9.17) is 0 Å². The summed E-state index contributed by atoms with van der Waals surface area (Å²) in [5.74, 6) is -2.88. The zero-order chi connectivity index (χ0) is 16.0. The number of unbranched alkanes of at least 4 members (excludes halogenated alkanes) is 1. The average molecular weight is 318 g/mol. The van der Waals surface area contributed by atoms with Crippen molar-refractivity contribution in [2.75, 3.05) is 26.2 Å². The summed E-state index contributed by atoms with van der Waals surface area (Å²) in [7, 11) is 0. The maximum Gasteiger partial charge on any atom is 0.248 e. The molecule has 0 aromatic rings. The second kappa shape index (κ2) is 8.20. The van der Waals surface area contributed by atoms with Crippen molar-refractivity contribution in [1.82, 2.24) is 10.2 Å². The molecule has 22 heavy (non-hydrogen) atoms. The minimum Gasteiger partial charge on any atom is -0.395 e. The molecule has 1 aliphatic heterocycles. The molecule has 0 aromatic carbocycles. The number of halogens is 2. The van der Waals surface area contributed by atoms with E-state index in [0.29, 0.717) is 25.4 Å². The Morgan fingerprint density at radius 3 is 2.64 bits per heavy atom. The van der Waals surface area contributed by atoms with Gasteiger partial charge in [-0.05, 0) is 51.6 Å². The Hall–Kier alpha value is -0.750. The predicted molar refractivity (Wildman–Crippen MR) is 80.8 cm³/mol. The van der Waals surface area contributed by atoms with Crippen molar-refractivity contribution >= 4 is 5.91 Å². The van der Waals surface area contributed by atoms with Gasteiger partial charge in [-0.2, -0.15) is 0 Å². The number of nitrogens with zero attached hydrogens (tertiary/aromatic N) is 1.